The molecule has 1 heterocycles. The van der Waals surface area contributed by atoms with Crippen molar-refractivity contribution >= 4 is 34.8 Å². The molecule has 0 saturated heterocycles. The second kappa shape index (κ2) is 12.0. The first kappa shape index (κ1) is 25.0. The Morgan fingerprint density at radius 1 is 1.06 bits per heavy atom. The van der Waals surface area contributed by atoms with Crippen molar-refractivity contribution in [2.45, 2.75) is 13.0 Å². The minimum Gasteiger partial charge on any atom is -0.467 e. The lowest BCUT2D eigenvalue weighted by Gasteiger charge is -2.20. The molecule has 182 valence electrons. The molecule has 35 heavy (non-hydrogen) atoms. The second-order valence-electron chi connectivity index (χ2n) is 7.34. The first-order chi connectivity index (χ1) is 16.9. The molecule has 0 fully saturated rings. The normalized spacial score (nSPS) is 10.3. The number of amides is 2. The van der Waals surface area contributed by atoms with E-state index in [0.29, 0.717) is 11.4 Å². The maximum absolute atomic E-state index is 12.6. The molecule has 0 bridgehead atoms. The predicted molar refractivity (Wildman–Crippen MR) is 127 cm³/mol. The number of nitro benzene ring substituents is 1. The quantitative estimate of drug-likeness (QED) is 0.242. The molecule has 0 radical (unpaired) electrons. The van der Waals surface area contributed by atoms with Crippen LogP contribution in [0.25, 0.3) is 0 Å². The number of carbonyl (C=O) groups is 3. The predicted octanol–water partition coefficient (Wildman–Crippen LogP) is 3.13. The molecular formula is C24H24N4O7. The molecule has 1 aromatic heterocycles. The maximum Gasteiger partial charge on any atom is 0.308 e. The molecule has 2 aromatic carbocycles. The molecule has 3 rings (SSSR count). The summed E-state index contributed by atoms with van der Waals surface area (Å²) in [6.07, 6.45) is 1.40. The Labute approximate surface area is 200 Å². The monoisotopic (exact) mass is 480 g/mol. The van der Waals surface area contributed by atoms with Gasteiger partial charge in [0.1, 0.15) is 11.4 Å². The fourth-order valence-corrected chi connectivity index (χ4v) is 3.16. The molecular weight excluding hydrogens is 456 g/mol. The van der Waals surface area contributed by atoms with Crippen molar-refractivity contribution in [1.29, 1.82) is 0 Å². The van der Waals surface area contributed by atoms with Gasteiger partial charge < -0.3 is 24.7 Å². The zero-order valence-electron chi connectivity index (χ0n) is 18.9. The van der Waals surface area contributed by atoms with Crippen molar-refractivity contribution in [2.75, 3.05) is 30.4 Å². The van der Waals surface area contributed by atoms with E-state index in [4.69, 9.17) is 9.15 Å². The van der Waals surface area contributed by atoms with Crippen molar-refractivity contribution in [3.63, 3.8) is 0 Å². The van der Waals surface area contributed by atoms with Crippen molar-refractivity contribution in [2.24, 2.45) is 0 Å². The third-order valence-corrected chi connectivity index (χ3v) is 4.99. The van der Waals surface area contributed by atoms with Gasteiger partial charge in [-0.1, -0.05) is 24.3 Å². The summed E-state index contributed by atoms with van der Waals surface area (Å²) in [6.45, 7) is -0.245. The number of benzene rings is 2. The van der Waals surface area contributed by atoms with Crippen LogP contribution >= 0.6 is 0 Å². The number of anilines is 2. The highest BCUT2D eigenvalue weighted by Crippen LogP contribution is 2.23. The molecule has 11 nitrogen and oxygen atoms in total. The largest absolute Gasteiger partial charge is 0.467 e. The molecule has 0 unspecified atom stereocenters. The molecule has 3 aromatic rings. The average molecular weight is 480 g/mol. The van der Waals surface area contributed by atoms with E-state index in [1.165, 1.54) is 30.3 Å². The number of likely N-dealkylation sites (N-methyl/N-ethyl adjacent to an activating group) is 1. The molecule has 11 heteroatoms. The van der Waals surface area contributed by atoms with Crippen LogP contribution in [-0.4, -0.2) is 42.9 Å². The number of nitrogens with one attached hydrogen (secondary N) is 2. The van der Waals surface area contributed by atoms with E-state index in [2.05, 4.69) is 10.6 Å². The van der Waals surface area contributed by atoms with Gasteiger partial charge in [-0.15, -0.1) is 0 Å². The molecule has 0 aliphatic carbocycles. The Balaban J connectivity index is 1.50. The van der Waals surface area contributed by atoms with Gasteiger partial charge >= 0.3 is 5.97 Å². The minimum atomic E-state index is -0.651. The number of esters is 1. The van der Waals surface area contributed by atoms with Gasteiger partial charge in [-0.25, -0.2) is 0 Å². The third-order valence-electron chi connectivity index (χ3n) is 4.99. The Kier molecular flexibility index (Phi) is 8.54. The van der Waals surface area contributed by atoms with Crippen LogP contribution in [0.3, 0.4) is 0 Å². The number of carbonyl (C=O) groups excluding carboxylic acids is 3. The zero-order valence-corrected chi connectivity index (χ0v) is 18.9. The average Bonchev–Trinajstić information content (AvgIpc) is 3.39. The van der Waals surface area contributed by atoms with Crippen LogP contribution in [-0.2, 0) is 20.9 Å². The number of hydrogen-bond donors (Lipinski definition) is 2. The van der Waals surface area contributed by atoms with E-state index >= 15 is 0 Å². The number of nitro groups is 1. The van der Waals surface area contributed by atoms with Crippen molar-refractivity contribution in [3.8, 4) is 0 Å². The van der Waals surface area contributed by atoms with Crippen molar-refractivity contribution in [1.82, 2.24) is 5.32 Å². The summed E-state index contributed by atoms with van der Waals surface area (Å²) in [5, 5.41) is 16.6. The third kappa shape index (κ3) is 6.90. The van der Waals surface area contributed by atoms with Crippen LogP contribution in [0.15, 0.2) is 71.3 Å². The molecule has 0 spiro atoms. The van der Waals surface area contributed by atoms with Crippen LogP contribution < -0.4 is 15.5 Å². The summed E-state index contributed by atoms with van der Waals surface area (Å²) in [5.41, 5.74) is 0.797. The van der Waals surface area contributed by atoms with Gasteiger partial charge in [0.25, 0.3) is 17.5 Å². The number of furan rings is 1. The fraction of sp³-hybridized carbons (Fsp3) is 0.208. The molecule has 2 amide bonds. The van der Waals surface area contributed by atoms with E-state index in [-0.39, 0.29) is 36.4 Å². The van der Waals surface area contributed by atoms with E-state index < -0.39 is 29.3 Å². The fourth-order valence-electron chi connectivity index (χ4n) is 3.16. The summed E-state index contributed by atoms with van der Waals surface area (Å²) in [5.74, 6) is -0.989. The van der Waals surface area contributed by atoms with E-state index in [1.54, 1.807) is 48.5 Å². The van der Waals surface area contributed by atoms with E-state index in [0.717, 1.165) is 0 Å². The van der Waals surface area contributed by atoms with Gasteiger partial charge in [0.05, 0.1) is 35.4 Å². The standard InChI is InChI=1S/C24H24N4O7/c1-27(20-10-4-2-8-18(20)24(31)26-15-17-7-6-14-34-17)22(29)16-35-23(30)12-13-25-19-9-3-5-11-21(19)28(32)33/h2-11,14,25H,12-13,15-16H2,1H3,(H,26,31). The van der Waals surface area contributed by atoms with Gasteiger partial charge in [0, 0.05) is 19.7 Å². The maximum atomic E-state index is 12.6. The highest BCUT2D eigenvalue weighted by molar-refractivity contribution is 6.05. The molecule has 0 aliphatic rings. The lowest BCUT2D eigenvalue weighted by Crippen LogP contribution is -2.33. The van der Waals surface area contributed by atoms with Gasteiger partial charge in [-0.2, -0.15) is 0 Å². The summed E-state index contributed by atoms with van der Waals surface area (Å²) >= 11 is 0. The smallest absolute Gasteiger partial charge is 0.308 e. The van der Waals surface area contributed by atoms with Crippen LogP contribution in [0.5, 0.6) is 0 Å². The first-order valence-electron chi connectivity index (χ1n) is 10.7. The second-order valence-corrected chi connectivity index (χ2v) is 7.34. The molecule has 0 aliphatic heterocycles. The number of nitrogens with zero attached hydrogens (tertiary/aromatic N) is 2. The molecule has 2 N–H and O–H groups in total. The Morgan fingerprint density at radius 3 is 2.54 bits per heavy atom. The zero-order chi connectivity index (χ0) is 25.2. The van der Waals surface area contributed by atoms with Crippen LogP contribution in [0.1, 0.15) is 22.5 Å². The van der Waals surface area contributed by atoms with Gasteiger partial charge in [0.2, 0.25) is 0 Å². The Bertz CT molecular complexity index is 1190. The highest BCUT2D eigenvalue weighted by Gasteiger charge is 2.20. The Morgan fingerprint density at radius 2 is 1.80 bits per heavy atom. The van der Waals surface area contributed by atoms with Crippen molar-refractivity contribution < 1.29 is 28.5 Å². The van der Waals surface area contributed by atoms with Crippen LogP contribution in [0, 0.1) is 10.1 Å². The SMILES string of the molecule is CN(C(=O)COC(=O)CCNc1ccccc1[N+](=O)[O-])c1ccccc1C(=O)NCc1ccco1. The number of hydrogen-bond acceptors (Lipinski definition) is 8. The lowest BCUT2D eigenvalue weighted by atomic mass is 10.1. The number of rotatable bonds is 11. The highest BCUT2D eigenvalue weighted by atomic mass is 16.6. The number of ether oxygens (including phenoxy) is 1. The summed E-state index contributed by atoms with van der Waals surface area (Å²) in [4.78, 5) is 49.0. The topological polar surface area (TPSA) is 144 Å². The lowest BCUT2D eigenvalue weighted by molar-refractivity contribution is -0.384. The van der Waals surface area contributed by atoms with Gasteiger partial charge in [0.15, 0.2) is 6.61 Å². The summed E-state index contributed by atoms with van der Waals surface area (Å²) < 4.78 is 10.2. The van der Waals surface area contributed by atoms with Crippen LogP contribution in [0.4, 0.5) is 17.1 Å². The van der Waals surface area contributed by atoms with E-state index in [1.807, 2.05) is 0 Å². The van der Waals surface area contributed by atoms with E-state index in [9.17, 15) is 24.5 Å². The van der Waals surface area contributed by atoms with Crippen LogP contribution in [0.2, 0.25) is 0 Å². The minimum absolute atomic E-state index is 0.0897. The van der Waals surface area contributed by atoms with Gasteiger partial charge in [-0.05, 0) is 30.3 Å². The first-order valence-corrected chi connectivity index (χ1v) is 10.7. The molecule has 0 atom stereocenters. The Hall–Kier alpha value is -4.67. The number of para-hydroxylation sites is 3. The summed E-state index contributed by atoms with van der Waals surface area (Å²) in [7, 11) is 1.48. The summed E-state index contributed by atoms with van der Waals surface area (Å²) in [6, 6.07) is 16.1. The van der Waals surface area contributed by atoms with Gasteiger partial charge in [-0.3, -0.25) is 24.5 Å². The molecule has 0 saturated carbocycles. The van der Waals surface area contributed by atoms with Crippen molar-refractivity contribution in [3.05, 3.63) is 88.4 Å².